The van der Waals surface area contributed by atoms with Crippen molar-refractivity contribution in [2.24, 2.45) is 0 Å². The van der Waals surface area contributed by atoms with Crippen LogP contribution in [0.3, 0.4) is 0 Å². The highest BCUT2D eigenvalue weighted by atomic mass is 19.4. The van der Waals surface area contributed by atoms with Gasteiger partial charge in [-0.25, -0.2) is 4.79 Å². The van der Waals surface area contributed by atoms with Gasteiger partial charge in [-0.05, 0) is 43.2 Å². The average Bonchev–Trinajstić information content (AvgIpc) is 3.51. The van der Waals surface area contributed by atoms with Crippen LogP contribution in [0.5, 0.6) is 11.5 Å². The molecule has 0 saturated heterocycles. The molecule has 0 bridgehead atoms. The summed E-state index contributed by atoms with van der Waals surface area (Å²) in [5.74, 6) is 0.862. The summed E-state index contributed by atoms with van der Waals surface area (Å²) in [5, 5.41) is 4.06. The minimum Gasteiger partial charge on any atom is -0.493 e. The van der Waals surface area contributed by atoms with E-state index < -0.39 is 17.9 Å². The highest BCUT2D eigenvalue weighted by Crippen LogP contribution is 2.38. The number of fused-ring (bicyclic) bond motifs is 2. The molecule has 2 heterocycles. The minimum atomic E-state index is -4.59. The van der Waals surface area contributed by atoms with E-state index in [1.807, 2.05) is 48.9 Å². The maximum atomic E-state index is 13.2. The fourth-order valence-corrected chi connectivity index (χ4v) is 4.46. The first-order chi connectivity index (χ1) is 17.8. The average molecular weight is 519 g/mol. The molecule has 198 valence electrons. The van der Waals surface area contributed by atoms with Crippen LogP contribution in [0, 0.1) is 0 Å². The van der Waals surface area contributed by atoms with Crippen molar-refractivity contribution in [3.63, 3.8) is 0 Å². The highest BCUT2D eigenvalue weighted by molar-refractivity contribution is 5.88. The monoisotopic (exact) mass is 518 g/mol. The second kappa shape index (κ2) is 11.1. The Morgan fingerprint density at radius 2 is 1.81 bits per heavy atom. The summed E-state index contributed by atoms with van der Waals surface area (Å²) >= 11 is 0. The minimum absolute atomic E-state index is 0.0656. The number of aryl methyl sites for hydroxylation is 1. The maximum Gasteiger partial charge on any atom is 0.437 e. The maximum absolute atomic E-state index is 13.2. The predicted octanol–water partition coefficient (Wildman–Crippen LogP) is 6.73. The third-order valence-corrected chi connectivity index (χ3v) is 6.19. The molecule has 0 aliphatic carbocycles. The van der Waals surface area contributed by atoms with Crippen molar-refractivity contribution in [3.05, 3.63) is 53.9 Å². The van der Waals surface area contributed by atoms with Crippen molar-refractivity contribution in [2.45, 2.75) is 51.7 Å². The van der Waals surface area contributed by atoms with Crippen LogP contribution >= 0.6 is 0 Å². The summed E-state index contributed by atoms with van der Waals surface area (Å²) < 4.78 is 63.4. The predicted molar refractivity (Wildman–Crippen MR) is 132 cm³/mol. The molecule has 0 radical (unpaired) electrons. The summed E-state index contributed by atoms with van der Waals surface area (Å²) in [6, 6.07) is 10.0. The van der Waals surface area contributed by atoms with E-state index in [0.29, 0.717) is 56.0 Å². The van der Waals surface area contributed by atoms with Crippen molar-refractivity contribution >= 4 is 27.8 Å². The number of carbonyl (C=O) groups excluding carboxylic acids is 1. The van der Waals surface area contributed by atoms with Crippen LogP contribution in [0.4, 0.5) is 13.2 Å². The normalized spacial score (nSPS) is 12.7. The zero-order valence-corrected chi connectivity index (χ0v) is 20.9. The molecule has 37 heavy (non-hydrogen) atoms. The van der Waals surface area contributed by atoms with Crippen LogP contribution < -0.4 is 9.47 Å². The Bertz CT molecular complexity index is 1380. The van der Waals surface area contributed by atoms with Crippen molar-refractivity contribution in [2.75, 3.05) is 20.3 Å². The Hall–Kier alpha value is -3.69. The number of carbonyl (C=O) groups is 1. The highest BCUT2D eigenvalue weighted by Gasteiger charge is 2.37. The van der Waals surface area contributed by atoms with Crippen molar-refractivity contribution in [1.29, 1.82) is 0 Å². The smallest absolute Gasteiger partial charge is 0.437 e. The second-order valence-electron chi connectivity index (χ2n) is 8.61. The first kappa shape index (κ1) is 26.4. The summed E-state index contributed by atoms with van der Waals surface area (Å²) in [6.45, 7) is 4.53. The number of hydrogen-bond acceptors (Lipinski definition) is 6. The second-order valence-corrected chi connectivity index (χ2v) is 8.61. The molecule has 0 fully saturated rings. The lowest BCUT2D eigenvalue weighted by Crippen LogP contribution is -2.19. The zero-order valence-electron chi connectivity index (χ0n) is 20.9. The lowest BCUT2D eigenvalue weighted by Gasteiger charge is -2.16. The Morgan fingerprint density at radius 1 is 1.05 bits per heavy atom. The van der Waals surface area contributed by atoms with E-state index in [4.69, 9.17) is 18.7 Å². The van der Waals surface area contributed by atoms with Gasteiger partial charge in [-0.1, -0.05) is 31.5 Å². The van der Waals surface area contributed by atoms with Crippen molar-refractivity contribution < 1.29 is 36.7 Å². The number of ether oxygens (including phenoxy) is 3. The Morgan fingerprint density at radius 3 is 2.49 bits per heavy atom. The summed E-state index contributed by atoms with van der Waals surface area (Å²) in [7, 11) is 1.38. The molecule has 2 aromatic carbocycles. The molecule has 1 atom stereocenters. The number of benzene rings is 2. The molecular weight excluding hydrogens is 489 g/mol. The molecule has 0 aliphatic heterocycles. The van der Waals surface area contributed by atoms with Gasteiger partial charge in [-0.3, -0.25) is 0 Å². The Balaban J connectivity index is 1.42. The lowest BCUT2D eigenvalue weighted by atomic mass is 10.0. The molecular formula is C27H29F3N2O5. The van der Waals surface area contributed by atoms with E-state index in [1.165, 1.54) is 19.2 Å². The number of esters is 1. The third kappa shape index (κ3) is 5.38. The van der Waals surface area contributed by atoms with Crippen molar-refractivity contribution in [1.82, 2.24) is 9.72 Å². The van der Waals surface area contributed by atoms with Gasteiger partial charge in [0.15, 0.2) is 11.3 Å². The van der Waals surface area contributed by atoms with E-state index in [0.717, 1.165) is 10.9 Å². The van der Waals surface area contributed by atoms with E-state index in [-0.39, 0.29) is 16.9 Å². The topological polar surface area (TPSA) is 75.7 Å². The third-order valence-electron chi connectivity index (χ3n) is 6.19. The fourth-order valence-electron chi connectivity index (χ4n) is 4.46. The molecule has 0 spiro atoms. The summed E-state index contributed by atoms with van der Waals surface area (Å²) in [5.41, 5.74) is 0.524. The number of hydrogen-bond donors (Lipinski definition) is 0. The van der Waals surface area contributed by atoms with Gasteiger partial charge in [0.2, 0.25) is 0 Å². The molecule has 4 aromatic rings. The van der Waals surface area contributed by atoms with Gasteiger partial charge in [-0.15, -0.1) is 0 Å². The van der Waals surface area contributed by atoms with Gasteiger partial charge < -0.3 is 23.3 Å². The van der Waals surface area contributed by atoms with Gasteiger partial charge in [0.05, 0.1) is 31.2 Å². The van der Waals surface area contributed by atoms with Gasteiger partial charge >= 0.3 is 12.1 Å². The van der Waals surface area contributed by atoms with E-state index in [9.17, 15) is 18.0 Å². The summed E-state index contributed by atoms with van der Waals surface area (Å²) in [6.07, 6.45) is -0.390. The number of rotatable bonds is 11. The molecule has 2 aromatic heterocycles. The molecule has 0 N–H and O–H groups in total. The standard InChI is InChI=1S/C27H29F3N2O5/c1-4-8-18-23(12-11-19-24(18)37-31-25(19)27(28,29)30)36-16-7-15-35-22-10-6-9-21-17(22)13-14-32(21)20(5-2)26(33)34-3/h6,9-14,20H,4-5,7-8,15-16H2,1-3H3. The zero-order chi connectivity index (χ0) is 26.6. The van der Waals surface area contributed by atoms with Gasteiger partial charge in [0, 0.05) is 23.6 Å². The number of halogens is 3. The molecule has 0 aliphatic rings. The number of aromatic nitrogens is 2. The molecule has 10 heteroatoms. The molecule has 7 nitrogen and oxygen atoms in total. The van der Waals surface area contributed by atoms with Gasteiger partial charge in [-0.2, -0.15) is 13.2 Å². The Labute approximate surface area is 212 Å². The summed E-state index contributed by atoms with van der Waals surface area (Å²) in [4.78, 5) is 12.2. The molecule has 4 rings (SSSR count). The largest absolute Gasteiger partial charge is 0.493 e. The van der Waals surface area contributed by atoms with Crippen molar-refractivity contribution in [3.8, 4) is 11.5 Å². The van der Waals surface area contributed by atoms with Crippen LogP contribution in [0.25, 0.3) is 21.9 Å². The van der Waals surface area contributed by atoms with Gasteiger partial charge in [0.1, 0.15) is 17.5 Å². The Kier molecular flexibility index (Phi) is 7.94. The van der Waals surface area contributed by atoms with Crippen LogP contribution in [0.2, 0.25) is 0 Å². The molecule has 0 saturated carbocycles. The van der Waals surface area contributed by atoms with Crippen LogP contribution in [0.1, 0.15) is 50.4 Å². The molecule has 0 amide bonds. The van der Waals surface area contributed by atoms with Crippen LogP contribution in [0.15, 0.2) is 47.1 Å². The number of methoxy groups -OCH3 is 1. The van der Waals surface area contributed by atoms with E-state index in [2.05, 4.69) is 5.16 Å². The number of alkyl halides is 3. The quantitative estimate of drug-likeness (QED) is 0.162. The van der Waals surface area contributed by atoms with Gasteiger partial charge in [0.25, 0.3) is 0 Å². The first-order valence-corrected chi connectivity index (χ1v) is 12.2. The first-order valence-electron chi connectivity index (χ1n) is 12.2. The molecule has 1 unspecified atom stereocenters. The van der Waals surface area contributed by atoms with Crippen LogP contribution in [-0.2, 0) is 22.1 Å². The van der Waals surface area contributed by atoms with Crippen LogP contribution in [-0.4, -0.2) is 36.0 Å². The lowest BCUT2D eigenvalue weighted by molar-refractivity contribution is -0.144. The number of nitrogens with zero attached hydrogens (tertiary/aromatic N) is 2. The van der Waals surface area contributed by atoms with E-state index in [1.54, 1.807) is 0 Å². The van der Waals surface area contributed by atoms with E-state index >= 15 is 0 Å². The SMILES string of the molecule is CCCc1c(OCCCOc2cccc3c2ccn3C(CC)C(=O)OC)ccc2c(C(F)(F)F)noc12. The fraction of sp³-hybridized carbons (Fsp3) is 0.407.